The average molecular weight is 641 g/mol. The SMILES string of the molecule is [2H]c1c([2H])c([2H])c(-c2c3ccccc3c(-c3nc(-c4ccccc4)nc(-c4cc5ccc6ccccc6c5c5ccccc45)n3)c3ccccc23)c([2H])c1[2H]. The van der Waals surface area contributed by atoms with Crippen molar-refractivity contribution in [3.63, 3.8) is 0 Å². The van der Waals surface area contributed by atoms with E-state index in [9.17, 15) is 0 Å². The highest BCUT2D eigenvalue weighted by Gasteiger charge is 2.21. The summed E-state index contributed by atoms with van der Waals surface area (Å²) in [6.07, 6.45) is 0. The van der Waals surface area contributed by atoms with E-state index in [-0.39, 0.29) is 29.7 Å². The monoisotopic (exact) mass is 640 g/mol. The van der Waals surface area contributed by atoms with Gasteiger partial charge in [0.05, 0.1) is 6.85 Å². The Balaban J connectivity index is 1.32. The third kappa shape index (κ3) is 4.48. The highest BCUT2D eigenvalue weighted by molar-refractivity contribution is 6.23. The molecule has 9 aromatic carbocycles. The molecular weight excluding hydrogens is 607 g/mol. The second kappa shape index (κ2) is 11.5. The van der Waals surface area contributed by atoms with E-state index in [2.05, 4.69) is 60.7 Å². The lowest BCUT2D eigenvalue weighted by molar-refractivity contribution is 1.08. The summed E-state index contributed by atoms with van der Waals surface area (Å²) in [5.74, 6) is 1.51. The molecule has 0 spiro atoms. The molecule has 0 aliphatic rings. The second-order valence-electron chi connectivity index (χ2n) is 12.4. The fraction of sp³-hybridized carbons (Fsp3) is 0. The largest absolute Gasteiger partial charge is 0.208 e. The number of fused-ring (bicyclic) bond motifs is 7. The van der Waals surface area contributed by atoms with Crippen LogP contribution >= 0.6 is 0 Å². The summed E-state index contributed by atoms with van der Waals surface area (Å²) in [5.41, 5.74) is 3.20. The quantitative estimate of drug-likeness (QED) is 0.142. The number of benzene rings is 9. The zero-order valence-corrected chi connectivity index (χ0v) is 26.7. The van der Waals surface area contributed by atoms with Crippen LogP contribution in [0.2, 0.25) is 0 Å². The number of hydrogen-bond acceptors (Lipinski definition) is 3. The molecule has 0 aliphatic carbocycles. The molecule has 50 heavy (non-hydrogen) atoms. The lowest BCUT2D eigenvalue weighted by Crippen LogP contribution is -2.02. The smallest absolute Gasteiger partial charge is 0.165 e. The zero-order chi connectivity index (χ0) is 37.4. The van der Waals surface area contributed by atoms with Gasteiger partial charge in [0, 0.05) is 16.7 Å². The molecular formula is C47H29N3. The predicted molar refractivity (Wildman–Crippen MR) is 209 cm³/mol. The number of nitrogens with zero attached hydrogens (tertiary/aromatic N) is 3. The molecule has 0 bridgehead atoms. The molecule has 0 amide bonds. The van der Waals surface area contributed by atoms with Gasteiger partial charge in [-0.15, -0.1) is 0 Å². The van der Waals surface area contributed by atoms with Crippen LogP contribution in [0.5, 0.6) is 0 Å². The molecule has 3 nitrogen and oxygen atoms in total. The molecule has 0 saturated carbocycles. The van der Waals surface area contributed by atoms with E-state index in [1.807, 2.05) is 84.9 Å². The van der Waals surface area contributed by atoms with Crippen molar-refractivity contribution in [3.8, 4) is 45.3 Å². The van der Waals surface area contributed by atoms with Gasteiger partial charge in [0.15, 0.2) is 17.5 Å². The van der Waals surface area contributed by atoms with E-state index in [4.69, 9.17) is 21.8 Å². The Hall–Kier alpha value is -6.71. The van der Waals surface area contributed by atoms with Crippen molar-refractivity contribution in [2.75, 3.05) is 0 Å². The van der Waals surface area contributed by atoms with E-state index in [0.717, 1.165) is 54.4 Å². The van der Waals surface area contributed by atoms with Gasteiger partial charge in [-0.05, 0) is 71.1 Å². The van der Waals surface area contributed by atoms with Crippen LogP contribution in [-0.4, -0.2) is 15.0 Å². The lowest BCUT2D eigenvalue weighted by Gasteiger charge is -2.18. The first-order valence-corrected chi connectivity index (χ1v) is 16.5. The molecule has 0 N–H and O–H groups in total. The minimum absolute atomic E-state index is 0.154. The predicted octanol–water partition coefficient (Wildman–Crippen LogP) is 12.3. The molecule has 0 saturated heterocycles. The van der Waals surface area contributed by atoms with Crippen molar-refractivity contribution in [3.05, 3.63) is 176 Å². The molecule has 3 heteroatoms. The van der Waals surface area contributed by atoms with Gasteiger partial charge >= 0.3 is 0 Å². The number of rotatable bonds is 4. The summed E-state index contributed by atoms with van der Waals surface area (Å²) in [6.45, 7) is 0. The van der Waals surface area contributed by atoms with Gasteiger partial charge in [-0.3, -0.25) is 0 Å². The molecule has 0 unspecified atom stereocenters. The first-order valence-electron chi connectivity index (χ1n) is 19.0. The van der Waals surface area contributed by atoms with Gasteiger partial charge in [-0.2, -0.15) is 0 Å². The molecule has 10 rings (SSSR count). The van der Waals surface area contributed by atoms with Crippen LogP contribution in [0.15, 0.2) is 176 Å². The molecule has 0 radical (unpaired) electrons. The molecule has 1 aromatic heterocycles. The summed E-state index contributed by atoms with van der Waals surface area (Å²) in [7, 11) is 0. The average Bonchev–Trinajstić information content (AvgIpc) is 3.24. The van der Waals surface area contributed by atoms with Gasteiger partial charge in [-0.25, -0.2) is 15.0 Å². The van der Waals surface area contributed by atoms with Crippen LogP contribution in [0.25, 0.3) is 99.2 Å². The maximum absolute atomic E-state index is 8.95. The van der Waals surface area contributed by atoms with Crippen LogP contribution < -0.4 is 0 Å². The normalized spacial score (nSPS) is 13.0. The summed E-state index contributed by atoms with van der Waals surface area (Å²) >= 11 is 0. The highest BCUT2D eigenvalue weighted by atomic mass is 15.0. The van der Waals surface area contributed by atoms with Gasteiger partial charge in [0.2, 0.25) is 0 Å². The number of hydrogen-bond donors (Lipinski definition) is 0. The molecule has 232 valence electrons. The molecule has 0 atom stereocenters. The number of aromatic nitrogens is 3. The van der Waals surface area contributed by atoms with Gasteiger partial charge in [-0.1, -0.05) is 170 Å². The first kappa shape index (κ1) is 23.6. The van der Waals surface area contributed by atoms with Crippen molar-refractivity contribution in [2.24, 2.45) is 0 Å². The second-order valence-corrected chi connectivity index (χ2v) is 12.4. The van der Waals surface area contributed by atoms with Crippen LogP contribution in [0.4, 0.5) is 0 Å². The Bertz CT molecular complexity index is 3130. The minimum Gasteiger partial charge on any atom is -0.208 e. The Kier molecular flexibility index (Phi) is 5.41. The van der Waals surface area contributed by atoms with E-state index in [1.54, 1.807) is 0 Å². The Morgan fingerprint density at radius 2 is 0.880 bits per heavy atom. The van der Waals surface area contributed by atoms with Crippen molar-refractivity contribution in [2.45, 2.75) is 0 Å². The van der Waals surface area contributed by atoms with E-state index < -0.39 is 6.04 Å². The topological polar surface area (TPSA) is 38.7 Å². The fourth-order valence-electron chi connectivity index (χ4n) is 7.40. The maximum Gasteiger partial charge on any atom is 0.165 e. The van der Waals surface area contributed by atoms with Crippen molar-refractivity contribution in [1.82, 2.24) is 15.0 Å². The molecule has 0 aliphatic heterocycles. The minimum atomic E-state index is -0.426. The van der Waals surface area contributed by atoms with E-state index in [1.165, 1.54) is 16.2 Å². The Labute approximate surface area is 296 Å². The third-order valence-corrected chi connectivity index (χ3v) is 9.56. The lowest BCUT2D eigenvalue weighted by atomic mass is 9.88. The van der Waals surface area contributed by atoms with Gasteiger partial charge in [0.25, 0.3) is 0 Å². The summed E-state index contributed by atoms with van der Waals surface area (Å²) in [4.78, 5) is 15.7. The van der Waals surface area contributed by atoms with Gasteiger partial charge in [0.1, 0.15) is 0 Å². The summed E-state index contributed by atoms with van der Waals surface area (Å²) in [6, 6.07) is 47.0. The Morgan fingerprint density at radius 3 is 1.58 bits per heavy atom. The Morgan fingerprint density at radius 1 is 0.360 bits per heavy atom. The maximum atomic E-state index is 8.95. The van der Waals surface area contributed by atoms with Crippen molar-refractivity contribution < 1.29 is 6.85 Å². The first-order chi connectivity index (χ1) is 26.9. The fourth-order valence-corrected chi connectivity index (χ4v) is 7.40. The molecule has 1 heterocycles. The van der Waals surface area contributed by atoms with Crippen molar-refractivity contribution >= 4 is 53.9 Å². The zero-order valence-electron chi connectivity index (χ0n) is 31.7. The van der Waals surface area contributed by atoms with Crippen molar-refractivity contribution in [1.29, 1.82) is 0 Å². The standard InChI is InChI=1S/C47H29N3/c1-3-16-31(17-4-1)42-37-23-11-13-25-39(37)44(40-26-14-12-24-38(40)42)47-49-45(32-18-5-2-6-19-32)48-46(50-47)41-29-33-28-27-30-15-7-8-20-34(30)43(33)36-22-10-9-21-35(36)41/h1-29H/i1D,3D,4D,16D,17D. The van der Waals surface area contributed by atoms with Crippen LogP contribution in [0.3, 0.4) is 0 Å². The van der Waals surface area contributed by atoms with E-state index in [0.29, 0.717) is 23.0 Å². The molecule has 0 fully saturated rings. The van der Waals surface area contributed by atoms with Crippen LogP contribution in [0, 0.1) is 0 Å². The van der Waals surface area contributed by atoms with Gasteiger partial charge < -0.3 is 0 Å². The van der Waals surface area contributed by atoms with Crippen LogP contribution in [-0.2, 0) is 0 Å². The highest BCUT2D eigenvalue weighted by Crippen LogP contribution is 2.44. The van der Waals surface area contributed by atoms with Crippen LogP contribution in [0.1, 0.15) is 6.85 Å². The third-order valence-electron chi connectivity index (χ3n) is 9.56. The van der Waals surface area contributed by atoms with E-state index >= 15 is 0 Å². The summed E-state index contributed by atoms with van der Waals surface area (Å²) in [5, 5.41) is 9.76. The summed E-state index contributed by atoms with van der Waals surface area (Å²) < 4.78 is 43.2. The molecule has 10 aromatic rings.